The highest BCUT2D eigenvalue weighted by Crippen LogP contribution is 2.44. The molecule has 0 radical (unpaired) electrons. The van der Waals surface area contributed by atoms with E-state index in [1.165, 1.54) is 12.0 Å². The normalized spacial score (nSPS) is 16.6. The summed E-state index contributed by atoms with van der Waals surface area (Å²) in [5.74, 6) is -1.42. The van der Waals surface area contributed by atoms with E-state index in [2.05, 4.69) is 4.98 Å². The molecule has 10 heteroatoms. The number of nitrogens with zero attached hydrogens (tertiary/aromatic N) is 2. The molecule has 0 spiro atoms. The van der Waals surface area contributed by atoms with Gasteiger partial charge >= 0.3 is 11.9 Å². The minimum absolute atomic E-state index is 0.0927. The summed E-state index contributed by atoms with van der Waals surface area (Å²) in [6.45, 7) is 5.85. The number of hydrogen-bond donors (Lipinski definition) is 1. The van der Waals surface area contributed by atoms with Gasteiger partial charge in [0, 0.05) is 5.56 Å². The van der Waals surface area contributed by atoms with Crippen LogP contribution in [0.4, 0.5) is 5.13 Å². The maximum Gasteiger partial charge on any atom is 0.350 e. The van der Waals surface area contributed by atoms with Crippen molar-refractivity contribution in [1.29, 1.82) is 0 Å². The number of Topliss-reactive ketones (excluding diaryl/α,β-unsaturated/α-hetero) is 1. The van der Waals surface area contributed by atoms with E-state index >= 15 is 0 Å². The van der Waals surface area contributed by atoms with E-state index in [0.717, 1.165) is 11.3 Å². The molecule has 4 rings (SSSR count). The summed E-state index contributed by atoms with van der Waals surface area (Å²) in [6, 6.07) is 12.4. The first-order valence-electron chi connectivity index (χ1n) is 11.6. The second kappa shape index (κ2) is 10.8. The lowest BCUT2D eigenvalue weighted by Gasteiger charge is -2.23. The Hall–Kier alpha value is -4.18. The number of carbonyl (C=O) groups is 3. The summed E-state index contributed by atoms with van der Waals surface area (Å²) >= 11 is 0.957. The molecule has 0 saturated carbocycles. The molecule has 37 heavy (non-hydrogen) atoms. The van der Waals surface area contributed by atoms with Crippen LogP contribution in [0.25, 0.3) is 5.76 Å². The van der Waals surface area contributed by atoms with Gasteiger partial charge in [0.2, 0.25) is 0 Å². The molecule has 1 fully saturated rings. The van der Waals surface area contributed by atoms with Crippen LogP contribution < -0.4 is 14.4 Å². The lowest BCUT2D eigenvalue weighted by molar-refractivity contribution is -0.132. The number of rotatable bonds is 8. The topological polar surface area (TPSA) is 115 Å². The van der Waals surface area contributed by atoms with Crippen LogP contribution in [0.2, 0.25) is 0 Å². The SMILES string of the molecule is CCOC(=O)c1sc(N2C(=O)C(=O)/C(=C(/O)c3ccc(OC)cc3)C2c2ccc(OCC)cc2)nc1C. The van der Waals surface area contributed by atoms with Crippen molar-refractivity contribution in [1.82, 2.24) is 4.98 Å². The van der Waals surface area contributed by atoms with Gasteiger partial charge in [-0.15, -0.1) is 0 Å². The van der Waals surface area contributed by atoms with E-state index in [1.807, 2.05) is 6.92 Å². The van der Waals surface area contributed by atoms with Gasteiger partial charge in [-0.05, 0) is 62.7 Å². The molecule has 1 amide bonds. The predicted octanol–water partition coefficient (Wildman–Crippen LogP) is 4.66. The first kappa shape index (κ1) is 25.9. The molecule has 0 aliphatic carbocycles. The predicted molar refractivity (Wildman–Crippen MR) is 138 cm³/mol. The molecular weight excluding hydrogens is 496 g/mol. The number of aromatic nitrogens is 1. The number of anilines is 1. The van der Waals surface area contributed by atoms with Crippen molar-refractivity contribution in [3.63, 3.8) is 0 Å². The van der Waals surface area contributed by atoms with Crippen molar-refractivity contribution in [2.75, 3.05) is 25.2 Å². The molecule has 9 nitrogen and oxygen atoms in total. The van der Waals surface area contributed by atoms with E-state index in [9.17, 15) is 19.5 Å². The Balaban J connectivity index is 1.88. The van der Waals surface area contributed by atoms with Crippen molar-refractivity contribution < 1.29 is 33.7 Å². The maximum atomic E-state index is 13.4. The van der Waals surface area contributed by atoms with Gasteiger partial charge in [0.15, 0.2) is 5.13 Å². The number of amides is 1. The van der Waals surface area contributed by atoms with Crippen LogP contribution in [-0.2, 0) is 14.3 Å². The van der Waals surface area contributed by atoms with Crippen molar-refractivity contribution in [3.8, 4) is 11.5 Å². The second-order valence-electron chi connectivity index (χ2n) is 8.03. The molecule has 1 aliphatic rings. The number of ether oxygens (including phenoxy) is 3. The molecule has 0 bridgehead atoms. The number of aliphatic hydroxyl groups is 1. The Kier molecular flexibility index (Phi) is 7.58. The number of methoxy groups -OCH3 is 1. The lowest BCUT2D eigenvalue weighted by atomic mass is 9.95. The highest BCUT2D eigenvalue weighted by Gasteiger charge is 2.48. The monoisotopic (exact) mass is 522 g/mol. The summed E-state index contributed by atoms with van der Waals surface area (Å²) in [6.07, 6.45) is 0. The van der Waals surface area contributed by atoms with Gasteiger partial charge in [-0.2, -0.15) is 0 Å². The molecular formula is C27H26N2O7S. The summed E-state index contributed by atoms with van der Waals surface area (Å²) in [7, 11) is 1.52. The van der Waals surface area contributed by atoms with E-state index in [1.54, 1.807) is 62.4 Å². The number of aliphatic hydroxyl groups excluding tert-OH is 1. The van der Waals surface area contributed by atoms with Crippen LogP contribution in [-0.4, -0.2) is 48.1 Å². The fraction of sp³-hybridized carbons (Fsp3) is 0.259. The molecule has 1 aliphatic heterocycles. The zero-order valence-electron chi connectivity index (χ0n) is 20.8. The summed E-state index contributed by atoms with van der Waals surface area (Å²) in [5.41, 5.74) is 1.19. The molecule has 1 aromatic heterocycles. The standard InChI is InChI=1S/C27H26N2O7S/c1-5-35-19-13-7-16(8-14-19)21-20(22(30)17-9-11-18(34-4)12-10-17)23(31)25(32)29(21)27-28-15(3)24(37-27)26(33)36-6-2/h7-14,21,30H,5-6H2,1-4H3/b22-20+. The summed E-state index contributed by atoms with van der Waals surface area (Å²) in [4.78, 5) is 45.0. The average molecular weight is 523 g/mol. The number of carbonyl (C=O) groups excluding carboxylic acids is 3. The highest BCUT2D eigenvalue weighted by molar-refractivity contribution is 7.17. The van der Waals surface area contributed by atoms with Crippen molar-refractivity contribution in [3.05, 3.63) is 75.8 Å². The van der Waals surface area contributed by atoms with Crippen LogP contribution >= 0.6 is 11.3 Å². The molecule has 1 atom stereocenters. The Morgan fingerprint density at radius 3 is 2.27 bits per heavy atom. The smallest absolute Gasteiger partial charge is 0.350 e. The molecule has 1 saturated heterocycles. The van der Waals surface area contributed by atoms with Crippen LogP contribution in [0.1, 0.15) is 46.4 Å². The summed E-state index contributed by atoms with van der Waals surface area (Å²) in [5, 5.41) is 11.4. The number of hydrogen-bond acceptors (Lipinski definition) is 9. The van der Waals surface area contributed by atoms with Crippen molar-refractivity contribution in [2.24, 2.45) is 0 Å². The highest BCUT2D eigenvalue weighted by atomic mass is 32.1. The third-order valence-corrected chi connectivity index (χ3v) is 6.90. The zero-order valence-corrected chi connectivity index (χ0v) is 21.6. The van der Waals surface area contributed by atoms with Gasteiger partial charge in [0.05, 0.1) is 37.6 Å². The third kappa shape index (κ3) is 4.92. The third-order valence-electron chi connectivity index (χ3n) is 5.77. The van der Waals surface area contributed by atoms with E-state index < -0.39 is 23.7 Å². The Morgan fingerprint density at radius 1 is 1.03 bits per heavy atom. The van der Waals surface area contributed by atoms with Crippen molar-refractivity contribution >= 4 is 39.9 Å². The van der Waals surface area contributed by atoms with Crippen LogP contribution in [0, 0.1) is 6.92 Å². The second-order valence-corrected chi connectivity index (χ2v) is 9.01. The van der Waals surface area contributed by atoms with Gasteiger partial charge < -0.3 is 19.3 Å². The molecule has 2 aromatic carbocycles. The number of benzene rings is 2. The minimum Gasteiger partial charge on any atom is -0.507 e. The first-order chi connectivity index (χ1) is 17.8. The van der Waals surface area contributed by atoms with Gasteiger partial charge in [-0.3, -0.25) is 14.5 Å². The number of thiazole rings is 1. The van der Waals surface area contributed by atoms with Crippen LogP contribution in [0.5, 0.6) is 11.5 Å². The van der Waals surface area contributed by atoms with E-state index in [0.29, 0.717) is 34.9 Å². The lowest BCUT2D eigenvalue weighted by Crippen LogP contribution is -2.29. The zero-order chi connectivity index (χ0) is 26.7. The van der Waals surface area contributed by atoms with Crippen LogP contribution in [0.3, 0.4) is 0 Å². The van der Waals surface area contributed by atoms with Gasteiger partial charge in [0.1, 0.15) is 22.1 Å². The largest absolute Gasteiger partial charge is 0.507 e. The number of ketones is 1. The van der Waals surface area contributed by atoms with Gasteiger partial charge in [-0.25, -0.2) is 9.78 Å². The molecule has 192 valence electrons. The number of aryl methyl sites for hydroxylation is 1. The Labute approximate surface area is 217 Å². The molecule has 1 N–H and O–H groups in total. The Bertz CT molecular complexity index is 1360. The van der Waals surface area contributed by atoms with Crippen molar-refractivity contribution in [2.45, 2.75) is 26.8 Å². The maximum absolute atomic E-state index is 13.4. The average Bonchev–Trinajstić information content (AvgIpc) is 3.41. The first-order valence-corrected chi connectivity index (χ1v) is 12.4. The quantitative estimate of drug-likeness (QED) is 0.197. The van der Waals surface area contributed by atoms with E-state index in [4.69, 9.17) is 14.2 Å². The molecule has 3 aromatic rings. The summed E-state index contributed by atoms with van der Waals surface area (Å²) < 4.78 is 15.8. The fourth-order valence-corrected chi connectivity index (χ4v) is 5.02. The molecule has 1 unspecified atom stereocenters. The fourth-order valence-electron chi connectivity index (χ4n) is 4.03. The Morgan fingerprint density at radius 2 is 1.68 bits per heavy atom. The number of esters is 1. The van der Waals surface area contributed by atoms with Crippen LogP contribution in [0.15, 0.2) is 54.1 Å². The van der Waals surface area contributed by atoms with E-state index in [-0.39, 0.29) is 27.9 Å². The van der Waals surface area contributed by atoms with Gasteiger partial charge in [-0.1, -0.05) is 23.5 Å². The van der Waals surface area contributed by atoms with Gasteiger partial charge in [0.25, 0.3) is 5.78 Å². The minimum atomic E-state index is -0.988. The molecule has 2 heterocycles.